The van der Waals surface area contributed by atoms with Gasteiger partial charge in [-0.2, -0.15) is 0 Å². The van der Waals surface area contributed by atoms with E-state index in [0.717, 1.165) is 31.5 Å². The largest absolute Gasteiger partial charge is 0.396 e. The van der Waals surface area contributed by atoms with E-state index in [-0.39, 0.29) is 24.4 Å². The lowest BCUT2D eigenvalue weighted by Gasteiger charge is -2.19. The second kappa shape index (κ2) is 7.52. The number of hydrogen-bond donors (Lipinski definition) is 2. The summed E-state index contributed by atoms with van der Waals surface area (Å²) in [6, 6.07) is 6.05. The normalized spacial score (nSPS) is 20.4. The van der Waals surface area contributed by atoms with Gasteiger partial charge in [0.25, 0.3) is 0 Å². The Morgan fingerprint density at radius 2 is 2.19 bits per heavy atom. The molecule has 1 aliphatic rings. The zero-order valence-electron chi connectivity index (χ0n) is 12.4. The standard InChI is InChI=1S/C16H23FN2O2/c1-12(14-2-4-15(17)5-3-14)18-16(21)11-19-8-6-13(10-19)7-9-20/h2-5,12-13,20H,6-11H2,1H3,(H,18,21). The number of halogens is 1. The lowest BCUT2D eigenvalue weighted by molar-refractivity contribution is -0.122. The number of hydrogen-bond acceptors (Lipinski definition) is 3. The molecule has 5 heteroatoms. The van der Waals surface area contributed by atoms with Crippen LogP contribution in [0, 0.1) is 11.7 Å². The van der Waals surface area contributed by atoms with Gasteiger partial charge in [-0.25, -0.2) is 4.39 Å². The molecular formula is C16H23FN2O2. The van der Waals surface area contributed by atoms with E-state index in [1.807, 2.05) is 6.92 Å². The van der Waals surface area contributed by atoms with Crippen LogP contribution in [0.15, 0.2) is 24.3 Å². The molecule has 0 aromatic heterocycles. The van der Waals surface area contributed by atoms with Crippen molar-refractivity contribution in [3.8, 4) is 0 Å². The van der Waals surface area contributed by atoms with Crippen molar-refractivity contribution in [3.05, 3.63) is 35.6 Å². The van der Waals surface area contributed by atoms with E-state index in [9.17, 15) is 9.18 Å². The number of aliphatic hydroxyl groups is 1. The monoisotopic (exact) mass is 294 g/mol. The number of aliphatic hydroxyl groups excluding tert-OH is 1. The van der Waals surface area contributed by atoms with Gasteiger partial charge in [0.05, 0.1) is 12.6 Å². The Balaban J connectivity index is 1.78. The summed E-state index contributed by atoms with van der Waals surface area (Å²) in [4.78, 5) is 14.2. The third-order valence-corrected chi connectivity index (χ3v) is 4.02. The van der Waals surface area contributed by atoms with Crippen LogP contribution in [0.2, 0.25) is 0 Å². The summed E-state index contributed by atoms with van der Waals surface area (Å²) >= 11 is 0. The molecule has 0 aliphatic carbocycles. The molecule has 1 aromatic carbocycles. The quantitative estimate of drug-likeness (QED) is 0.840. The molecule has 1 aliphatic heterocycles. The van der Waals surface area contributed by atoms with E-state index in [2.05, 4.69) is 10.2 Å². The molecule has 1 heterocycles. The molecule has 1 aromatic rings. The van der Waals surface area contributed by atoms with Crippen molar-refractivity contribution in [1.29, 1.82) is 0 Å². The van der Waals surface area contributed by atoms with Crippen molar-refractivity contribution in [1.82, 2.24) is 10.2 Å². The van der Waals surface area contributed by atoms with Gasteiger partial charge in [0.2, 0.25) is 5.91 Å². The highest BCUT2D eigenvalue weighted by Crippen LogP contribution is 2.19. The topological polar surface area (TPSA) is 52.6 Å². The molecule has 0 spiro atoms. The van der Waals surface area contributed by atoms with Gasteiger partial charge in [-0.15, -0.1) is 0 Å². The SMILES string of the molecule is CC(NC(=O)CN1CCC(CCO)C1)c1ccc(F)cc1. The van der Waals surface area contributed by atoms with Gasteiger partial charge in [0.15, 0.2) is 0 Å². The van der Waals surface area contributed by atoms with E-state index >= 15 is 0 Å². The van der Waals surface area contributed by atoms with Crippen LogP contribution < -0.4 is 5.32 Å². The minimum absolute atomic E-state index is 0.0172. The summed E-state index contributed by atoms with van der Waals surface area (Å²) in [6.07, 6.45) is 1.85. The Hall–Kier alpha value is -1.46. The molecule has 2 rings (SSSR count). The van der Waals surface area contributed by atoms with Crippen molar-refractivity contribution < 1.29 is 14.3 Å². The van der Waals surface area contributed by atoms with Crippen molar-refractivity contribution in [2.75, 3.05) is 26.2 Å². The number of rotatable bonds is 6. The summed E-state index contributed by atoms with van der Waals surface area (Å²) in [5, 5.41) is 11.9. The minimum atomic E-state index is -0.274. The van der Waals surface area contributed by atoms with Gasteiger partial charge in [-0.3, -0.25) is 9.69 Å². The molecule has 1 saturated heterocycles. The first kappa shape index (κ1) is 15.9. The molecule has 4 nitrogen and oxygen atoms in total. The van der Waals surface area contributed by atoms with Gasteiger partial charge >= 0.3 is 0 Å². The van der Waals surface area contributed by atoms with Gasteiger partial charge < -0.3 is 10.4 Å². The van der Waals surface area contributed by atoms with Crippen molar-refractivity contribution >= 4 is 5.91 Å². The van der Waals surface area contributed by atoms with E-state index < -0.39 is 0 Å². The molecule has 1 fully saturated rings. The first-order chi connectivity index (χ1) is 10.1. The average Bonchev–Trinajstić information content (AvgIpc) is 2.87. The van der Waals surface area contributed by atoms with E-state index in [0.29, 0.717) is 12.5 Å². The van der Waals surface area contributed by atoms with E-state index in [1.54, 1.807) is 12.1 Å². The highest BCUT2D eigenvalue weighted by molar-refractivity contribution is 5.78. The van der Waals surface area contributed by atoms with Crippen LogP contribution >= 0.6 is 0 Å². The molecule has 0 saturated carbocycles. The molecule has 0 radical (unpaired) electrons. The van der Waals surface area contributed by atoms with Crippen molar-refractivity contribution in [2.24, 2.45) is 5.92 Å². The lowest BCUT2D eigenvalue weighted by atomic mass is 10.1. The van der Waals surface area contributed by atoms with Crippen molar-refractivity contribution in [2.45, 2.75) is 25.8 Å². The smallest absolute Gasteiger partial charge is 0.234 e. The second-order valence-corrected chi connectivity index (χ2v) is 5.74. The molecule has 0 bridgehead atoms. The fourth-order valence-electron chi connectivity index (χ4n) is 2.80. The Kier molecular flexibility index (Phi) is 5.70. The van der Waals surface area contributed by atoms with E-state index in [1.165, 1.54) is 12.1 Å². The van der Waals surface area contributed by atoms with Crippen LogP contribution in [0.5, 0.6) is 0 Å². The molecule has 116 valence electrons. The maximum absolute atomic E-state index is 12.9. The third-order valence-electron chi connectivity index (χ3n) is 4.02. The number of benzene rings is 1. The first-order valence-corrected chi connectivity index (χ1v) is 7.46. The minimum Gasteiger partial charge on any atom is -0.396 e. The number of nitrogens with zero attached hydrogens (tertiary/aromatic N) is 1. The fourth-order valence-corrected chi connectivity index (χ4v) is 2.80. The van der Waals surface area contributed by atoms with Crippen LogP contribution in [0.25, 0.3) is 0 Å². The van der Waals surface area contributed by atoms with E-state index in [4.69, 9.17) is 5.11 Å². The summed E-state index contributed by atoms with van der Waals surface area (Å²) in [7, 11) is 0. The Bertz CT molecular complexity index is 464. The molecule has 2 N–H and O–H groups in total. The maximum atomic E-state index is 12.9. The maximum Gasteiger partial charge on any atom is 0.234 e. The summed E-state index contributed by atoms with van der Waals surface area (Å²) in [5.74, 6) is 0.207. The van der Waals surface area contributed by atoms with Gasteiger partial charge in [-0.1, -0.05) is 12.1 Å². The van der Waals surface area contributed by atoms with Gasteiger partial charge in [-0.05, 0) is 49.9 Å². The molecule has 2 unspecified atom stereocenters. The molecule has 2 atom stereocenters. The van der Waals surface area contributed by atoms with Gasteiger partial charge in [0, 0.05) is 13.2 Å². The Morgan fingerprint density at radius 1 is 1.48 bits per heavy atom. The number of nitrogens with one attached hydrogen (secondary N) is 1. The zero-order valence-corrected chi connectivity index (χ0v) is 12.4. The van der Waals surface area contributed by atoms with Crippen LogP contribution in [-0.2, 0) is 4.79 Å². The lowest BCUT2D eigenvalue weighted by Crippen LogP contribution is -2.37. The molecule has 21 heavy (non-hydrogen) atoms. The van der Waals surface area contributed by atoms with Crippen molar-refractivity contribution in [3.63, 3.8) is 0 Å². The Morgan fingerprint density at radius 3 is 2.86 bits per heavy atom. The highest BCUT2D eigenvalue weighted by atomic mass is 19.1. The van der Waals surface area contributed by atoms with Gasteiger partial charge in [0.1, 0.15) is 5.82 Å². The third kappa shape index (κ3) is 4.79. The predicted molar refractivity (Wildman–Crippen MR) is 79.2 cm³/mol. The molecule has 1 amide bonds. The average molecular weight is 294 g/mol. The fraction of sp³-hybridized carbons (Fsp3) is 0.562. The van der Waals surface area contributed by atoms with Crippen LogP contribution in [0.4, 0.5) is 4.39 Å². The number of carbonyl (C=O) groups excluding carboxylic acids is 1. The highest BCUT2D eigenvalue weighted by Gasteiger charge is 2.23. The summed E-state index contributed by atoms with van der Waals surface area (Å²) < 4.78 is 12.9. The van der Waals surface area contributed by atoms with Crippen LogP contribution in [0.3, 0.4) is 0 Å². The second-order valence-electron chi connectivity index (χ2n) is 5.74. The Labute approximate surface area is 125 Å². The predicted octanol–water partition coefficient (Wildman–Crippen LogP) is 1.71. The number of carbonyl (C=O) groups is 1. The summed E-state index contributed by atoms with van der Waals surface area (Å²) in [6.45, 7) is 4.27. The summed E-state index contributed by atoms with van der Waals surface area (Å²) in [5.41, 5.74) is 0.893. The number of amides is 1. The molecular weight excluding hydrogens is 271 g/mol. The zero-order chi connectivity index (χ0) is 15.2. The first-order valence-electron chi connectivity index (χ1n) is 7.46. The number of likely N-dealkylation sites (tertiary alicyclic amines) is 1. The van der Waals surface area contributed by atoms with Crippen LogP contribution in [0.1, 0.15) is 31.4 Å². The van der Waals surface area contributed by atoms with Crippen LogP contribution in [-0.4, -0.2) is 42.2 Å².